The Hall–Kier alpha value is -0.930. The second kappa shape index (κ2) is 3.46. The predicted octanol–water partition coefficient (Wildman–Crippen LogP) is 1.29. The second-order valence-corrected chi connectivity index (χ2v) is 2.47. The lowest BCUT2D eigenvalue weighted by Crippen LogP contribution is -2.09. The average Bonchev–Trinajstić information content (AvgIpc) is 2.05. The summed E-state index contributed by atoms with van der Waals surface area (Å²) in [5, 5.41) is 0. The van der Waals surface area contributed by atoms with Gasteiger partial charge in [-0.3, -0.25) is 5.84 Å². The normalized spacial score (nSPS) is 9.64. The molecule has 1 rings (SSSR count). The minimum Gasteiger partial charge on any atom is -0.397 e. The molecule has 3 nitrogen and oxygen atoms in total. The van der Waals surface area contributed by atoms with Gasteiger partial charge in [0.1, 0.15) is 0 Å². The Morgan fingerprint density at radius 3 is 2.73 bits per heavy atom. The molecular weight excluding hydrogens is 162 g/mol. The highest BCUT2D eigenvalue weighted by Crippen LogP contribution is 2.19. The van der Waals surface area contributed by atoms with Crippen molar-refractivity contribution in [2.45, 2.75) is 5.88 Å². The van der Waals surface area contributed by atoms with Gasteiger partial charge in [-0.05, 0) is 17.7 Å². The van der Waals surface area contributed by atoms with E-state index in [4.69, 9.17) is 23.2 Å². The van der Waals surface area contributed by atoms with Crippen LogP contribution in [-0.2, 0) is 5.88 Å². The SMILES string of the molecule is NNc1cc(CCl)ccc1N. The van der Waals surface area contributed by atoms with Crippen LogP contribution in [0.15, 0.2) is 18.2 Å². The fourth-order valence-corrected chi connectivity index (χ4v) is 0.978. The average molecular weight is 172 g/mol. The lowest BCUT2D eigenvalue weighted by Gasteiger charge is -2.05. The zero-order valence-electron chi connectivity index (χ0n) is 5.97. The van der Waals surface area contributed by atoms with Gasteiger partial charge >= 0.3 is 0 Å². The molecule has 0 saturated heterocycles. The van der Waals surface area contributed by atoms with Crippen molar-refractivity contribution in [3.8, 4) is 0 Å². The third kappa shape index (κ3) is 1.76. The van der Waals surface area contributed by atoms with E-state index in [0.717, 1.165) is 5.56 Å². The highest BCUT2D eigenvalue weighted by molar-refractivity contribution is 6.17. The first kappa shape index (κ1) is 8.17. The first-order valence-electron chi connectivity index (χ1n) is 3.19. The van der Waals surface area contributed by atoms with Crippen molar-refractivity contribution in [3.63, 3.8) is 0 Å². The van der Waals surface area contributed by atoms with E-state index in [2.05, 4.69) is 5.43 Å². The Bertz CT molecular complexity index is 249. The number of nitrogens with one attached hydrogen (secondary N) is 1. The number of anilines is 2. The lowest BCUT2D eigenvalue weighted by atomic mass is 10.2. The van der Waals surface area contributed by atoms with E-state index in [1.165, 1.54) is 0 Å². The van der Waals surface area contributed by atoms with E-state index in [1.54, 1.807) is 6.07 Å². The molecule has 0 radical (unpaired) electrons. The summed E-state index contributed by atoms with van der Waals surface area (Å²) in [5.41, 5.74) is 10.4. The van der Waals surface area contributed by atoms with Crippen molar-refractivity contribution >= 4 is 23.0 Å². The van der Waals surface area contributed by atoms with Gasteiger partial charge in [-0.2, -0.15) is 0 Å². The Morgan fingerprint density at radius 1 is 1.45 bits per heavy atom. The van der Waals surface area contributed by atoms with Gasteiger partial charge in [-0.1, -0.05) is 6.07 Å². The molecule has 1 aromatic rings. The molecule has 0 atom stereocenters. The number of hydrogen-bond donors (Lipinski definition) is 3. The summed E-state index contributed by atoms with van der Waals surface area (Å²) in [5.74, 6) is 5.67. The van der Waals surface area contributed by atoms with Crippen molar-refractivity contribution in [3.05, 3.63) is 23.8 Å². The van der Waals surface area contributed by atoms with Gasteiger partial charge < -0.3 is 11.2 Å². The van der Waals surface area contributed by atoms with Crippen LogP contribution in [0.25, 0.3) is 0 Å². The second-order valence-electron chi connectivity index (χ2n) is 2.20. The summed E-state index contributed by atoms with van der Waals surface area (Å²) in [6.45, 7) is 0. The fraction of sp³-hybridized carbons (Fsp3) is 0.143. The summed E-state index contributed by atoms with van der Waals surface area (Å²) in [6.07, 6.45) is 0. The molecule has 0 saturated carbocycles. The number of hydrazine groups is 1. The van der Waals surface area contributed by atoms with Crippen LogP contribution in [0, 0.1) is 0 Å². The molecule has 0 bridgehead atoms. The number of halogens is 1. The van der Waals surface area contributed by atoms with Crippen molar-refractivity contribution in [2.75, 3.05) is 11.2 Å². The molecule has 1 aromatic carbocycles. The van der Waals surface area contributed by atoms with Gasteiger partial charge in [0.15, 0.2) is 0 Å². The Morgan fingerprint density at radius 2 is 2.18 bits per heavy atom. The van der Waals surface area contributed by atoms with Crippen LogP contribution < -0.4 is 17.0 Å². The molecule has 4 heteroatoms. The molecule has 60 valence electrons. The third-order valence-electron chi connectivity index (χ3n) is 1.43. The maximum Gasteiger partial charge on any atom is 0.0719 e. The van der Waals surface area contributed by atoms with E-state index < -0.39 is 0 Å². The molecule has 0 spiro atoms. The number of rotatable bonds is 2. The molecular formula is C7H10ClN3. The highest BCUT2D eigenvalue weighted by Gasteiger charge is 1.97. The van der Waals surface area contributed by atoms with Crippen LogP contribution in [0.5, 0.6) is 0 Å². The third-order valence-corrected chi connectivity index (χ3v) is 1.74. The molecule has 0 aliphatic carbocycles. The largest absolute Gasteiger partial charge is 0.397 e. The zero-order chi connectivity index (χ0) is 8.27. The standard InChI is InChI=1S/C7H10ClN3/c8-4-5-1-2-6(9)7(3-5)11-10/h1-3,11H,4,9-10H2. The van der Waals surface area contributed by atoms with Crippen molar-refractivity contribution in [1.82, 2.24) is 0 Å². The van der Waals surface area contributed by atoms with Crippen LogP contribution in [-0.4, -0.2) is 0 Å². The van der Waals surface area contributed by atoms with Crippen LogP contribution in [0.3, 0.4) is 0 Å². The topological polar surface area (TPSA) is 64.1 Å². The van der Waals surface area contributed by atoms with E-state index in [9.17, 15) is 0 Å². The van der Waals surface area contributed by atoms with Gasteiger partial charge in [0, 0.05) is 5.88 Å². The number of nitrogen functional groups attached to an aromatic ring is 2. The smallest absolute Gasteiger partial charge is 0.0719 e. The van der Waals surface area contributed by atoms with E-state index >= 15 is 0 Å². The monoisotopic (exact) mass is 171 g/mol. The molecule has 11 heavy (non-hydrogen) atoms. The van der Waals surface area contributed by atoms with Gasteiger partial charge in [0.05, 0.1) is 11.4 Å². The predicted molar refractivity (Wildman–Crippen MR) is 48.2 cm³/mol. The molecule has 0 aliphatic heterocycles. The quantitative estimate of drug-likeness (QED) is 0.272. The van der Waals surface area contributed by atoms with Crippen LogP contribution in [0.4, 0.5) is 11.4 Å². The van der Waals surface area contributed by atoms with E-state index in [0.29, 0.717) is 17.3 Å². The number of hydrogen-bond acceptors (Lipinski definition) is 3. The molecule has 0 aliphatic rings. The fourth-order valence-electron chi connectivity index (χ4n) is 0.812. The minimum absolute atomic E-state index is 0.467. The maximum absolute atomic E-state index is 5.60. The zero-order valence-corrected chi connectivity index (χ0v) is 6.73. The molecule has 0 unspecified atom stereocenters. The van der Waals surface area contributed by atoms with Gasteiger partial charge in [-0.25, -0.2) is 0 Å². The van der Waals surface area contributed by atoms with Crippen LogP contribution >= 0.6 is 11.6 Å². The van der Waals surface area contributed by atoms with E-state index in [-0.39, 0.29) is 0 Å². The molecule has 5 N–H and O–H groups in total. The summed E-state index contributed by atoms with van der Waals surface area (Å²) in [6, 6.07) is 5.46. The number of alkyl halides is 1. The van der Waals surface area contributed by atoms with Crippen LogP contribution in [0.2, 0.25) is 0 Å². The van der Waals surface area contributed by atoms with Crippen LogP contribution in [0.1, 0.15) is 5.56 Å². The van der Waals surface area contributed by atoms with E-state index in [1.807, 2.05) is 12.1 Å². The van der Waals surface area contributed by atoms with Crippen molar-refractivity contribution in [2.24, 2.45) is 5.84 Å². The van der Waals surface area contributed by atoms with Gasteiger partial charge in [0.25, 0.3) is 0 Å². The molecule has 0 amide bonds. The highest BCUT2D eigenvalue weighted by atomic mass is 35.5. The summed E-state index contributed by atoms with van der Waals surface area (Å²) >= 11 is 5.60. The number of nitrogens with two attached hydrogens (primary N) is 2. The molecule has 0 aromatic heterocycles. The van der Waals surface area contributed by atoms with Crippen molar-refractivity contribution in [1.29, 1.82) is 0 Å². The Kier molecular flexibility index (Phi) is 2.57. The molecule has 0 heterocycles. The van der Waals surface area contributed by atoms with Gasteiger partial charge in [0.2, 0.25) is 0 Å². The lowest BCUT2D eigenvalue weighted by molar-refractivity contribution is 1.32. The maximum atomic E-state index is 5.60. The summed E-state index contributed by atoms with van der Waals surface area (Å²) < 4.78 is 0. The van der Waals surface area contributed by atoms with Gasteiger partial charge in [-0.15, -0.1) is 11.6 Å². The first-order valence-corrected chi connectivity index (χ1v) is 3.72. The summed E-state index contributed by atoms with van der Waals surface area (Å²) in [7, 11) is 0. The Balaban J connectivity index is 3.02. The van der Waals surface area contributed by atoms with Crippen molar-refractivity contribution < 1.29 is 0 Å². The minimum atomic E-state index is 0.467. The summed E-state index contributed by atoms with van der Waals surface area (Å²) in [4.78, 5) is 0. The Labute approximate surface area is 70.3 Å². The first-order chi connectivity index (χ1) is 5.27. The molecule has 0 fully saturated rings. The number of benzene rings is 1.